The second-order valence-electron chi connectivity index (χ2n) is 1.73. The van der Waals surface area contributed by atoms with Gasteiger partial charge < -0.3 is 13.3 Å². The third kappa shape index (κ3) is 4.24. The van der Waals surface area contributed by atoms with Gasteiger partial charge in [-0.2, -0.15) is 0 Å². The maximum absolute atomic E-state index is 5.52. The van der Waals surface area contributed by atoms with E-state index in [0.29, 0.717) is 11.9 Å². The smallest absolute Gasteiger partial charge is 0.377 e. The van der Waals surface area contributed by atoms with Crippen LogP contribution >= 0.6 is 11.6 Å². The Balaban J connectivity index is 0. The molecule has 70 valence electrons. The molecule has 0 aromatic heterocycles. The van der Waals surface area contributed by atoms with Crippen molar-refractivity contribution in [2.24, 2.45) is 0 Å². The van der Waals surface area contributed by atoms with Crippen molar-refractivity contribution in [3.63, 3.8) is 0 Å². The van der Waals surface area contributed by atoms with Crippen LogP contribution < -0.4 is 0 Å². The molecule has 3 nitrogen and oxygen atoms in total. The molecule has 0 aliphatic carbocycles. The number of halogens is 1. The molecule has 0 saturated heterocycles. The Hall–Kier alpha value is 0.604. The molecular weight excluding hydrogens is 200 g/mol. The van der Waals surface area contributed by atoms with Crippen LogP contribution in [0.15, 0.2) is 0 Å². The predicted octanol–water partition coefficient (Wildman–Crippen LogP) is -0.348. The van der Waals surface area contributed by atoms with Gasteiger partial charge in [0.25, 0.3) is 0 Å². The maximum Gasteiger partial charge on any atom is 0.501 e. The van der Waals surface area contributed by atoms with Crippen molar-refractivity contribution < 1.29 is 13.3 Å². The molecule has 0 fully saturated rings. The van der Waals surface area contributed by atoms with Crippen LogP contribution in [0.2, 0.25) is 6.04 Å². The molecule has 0 amide bonds. The van der Waals surface area contributed by atoms with Crippen molar-refractivity contribution in [2.45, 2.75) is 6.04 Å². The van der Waals surface area contributed by atoms with Crippen LogP contribution in [0.4, 0.5) is 0 Å². The van der Waals surface area contributed by atoms with E-state index in [2.05, 4.69) is 0 Å². The first-order valence-electron chi connectivity index (χ1n) is 2.96. The van der Waals surface area contributed by atoms with E-state index >= 15 is 0 Å². The summed E-state index contributed by atoms with van der Waals surface area (Å²) in [5.74, 6) is 0.502. The SMILES string of the molecule is CO[Si](CCCl)(OC)OC.[SiH4]. The zero-order valence-corrected chi connectivity index (χ0v) is 8.27. The van der Waals surface area contributed by atoms with E-state index in [-0.39, 0.29) is 11.0 Å². The maximum atomic E-state index is 5.52. The third-order valence-electron chi connectivity index (χ3n) is 1.33. The lowest BCUT2D eigenvalue weighted by Crippen LogP contribution is -2.42. The van der Waals surface area contributed by atoms with Crippen LogP contribution in [0.1, 0.15) is 0 Å². The van der Waals surface area contributed by atoms with E-state index in [1.807, 2.05) is 0 Å². The van der Waals surface area contributed by atoms with E-state index in [0.717, 1.165) is 0 Å². The quantitative estimate of drug-likeness (QED) is 0.465. The van der Waals surface area contributed by atoms with Gasteiger partial charge in [0.1, 0.15) is 0 Å². The minimum atomic E-state index is -2.35. The van der Waals surface area contributed by atoms with Crippen LogP contribution in [0, 0.1) is 0 Å². The van der Waals surface area contributed by atoms with Crippen LogP contribution in [0.3, 0.4) is 0 Å². The van der Waals surface area contributed by atoms with E-state index in [1.54, 1.807) is 21.3 Å². The van der Waals surface area contributed by atoms with E-state index < -0.39 is 8.80 Å². The Morgan fingerprint density at radius 3 is 1.55 bits per heavy atom. The Labute approximate surface area is 78.4 Å². The molecule has 0 unspecified atom stereocenters. The Morgan fingerprint density at radius 1 is 1.09 bits per heavy atom. The molecule has 0 aliphatic rings. The number of hydrogen-bond donors (Lipinski definition) is 0. The lowest BCUT2D eigenvalue weighted by molar-refractivity contribution is 0.125. The minimum absolute atomic E-state index is 0. The summed E-state index contributed by atoms with van der Waals surface area (Å²) in [4.78, 5) is 0. The van der Waals surface area contributed by atoms with Gasteiger partial charge in [-0.05, 0) is 11.0 Å². The van der Waals surface area contributed by atoms with Crippen molar-refractivity contribution >= 4 is 31.4 Å². The van der Waals surface area contributed by atoms with Gasteiger partial charge in [0, 0.05) is 33.3 Å². The average Bonchev–Trinajstić information content (AvgIpc) is 2.01. The Kier molecular flexibility index (Phi) is 9.34. The van der Waals surface area contributed by atoms with Gasteiger partial charge in [-0.25, -0.2) is 0 Å². The highest BCUT2D eigenvalue weighted by molar-refractivity contribution is 6.61. The van der Waals surface area contributed by atoms with Gasteiger partial charge in [0.2, 0.25) is 0 Å². The molecule has 6 heteroatoms. The summed E-state index contributed by atoms with van der Waals surface area (Å²) in [6.45, 7) is 0. The average molecular weight is 217 g/mol. The summed E-state index contributed by atoms with van der Waals surface area (Å²) in [6.07, 6.45) is 0. The zero-order chi connectivity index (χ0) is 8.04. The molecule has 0 heterocycles. The zero-order valence-electron chi connectivity index (χ0n) is 6.52. The van der Waals surface area contributed by atoms with Gasteiger partial charge in [-0.1, -0.05) is 0 Å². The number of hydrogen-bond acceptors (Lipinski definition) is 3. The van der Waals surface area contributed by atoms with E-state index in [1.165, 1.54) is 0 Å². The standard InChI is InChI=1S/C5H13ClO3Si.H4Si/c1-7-10(8-2,9-3)5-4-6;/h4-5H2,1-3H3;1H4. The fraction of sp³-hybridized carbons (Fsp3) is 1.00. The topological polar surface area (TPSA) is 27.7 Å². The van der Waals surface area contributed by atoms with Gasteiger partial charge in [0.05, 0.1) is 0 Å². The molecule has 0 aromatic rings. The largest absolute Gasteiger partial charge is 0.501 e. The first-order chi connectivity index (χ1) is 4.74. The molecule has 0 N–H and O–H groups in total. The molecule has 0 atom stereocenters. The van der Waals surface area contributed by atoms with Crippen molar-refractivity contribution in [3.05, 3.63) is 0 Å². The van der Waals surface area contributed by atoms with E-state index in [4.69, 9.17) is 24.9 Å². The monoisotopic (exact) mass is 216 g/mol. The van der Waals surface area contributed by atoms with Gasteiger partial charge in [-0.3, -0.25) is 0 Å². The molecule has 0 bridgehead atoms. The van der Waals surface area contributed by atoms with Crippen molar-refractivity contribution in [1.29, 1.82) is 0 Å². The van der Waals surface area contributed by atoms with Gasteiger partial charge in [-0.15, -0.1) is 11.6 Å². The fourth-order valence-electron chi connectivity index (χ4n) is 0.672. The third-order valence-corrected chi connectivity index (χ3v) is 4.57. The summed E-state index contributed by atoms with van der Waals surface area (Å²) >= 11 is 5.52. The molecular formula is C5H17ClO3Si2. The summed E-state index contributed by atoms with van der Waals surface area (Å²) in [5, 5.41) is 0. The predicted molar refractivity (Wildman–Crippen MR) is 53.6 cm³/mol. The highest BCUT2D eigenvalue weighted by atomic mass is 35.5. The van der Waals surface area contributed by atoms with Crippen LogP contribution in [-0.2, 0) is 13.3 Å². The van der Waals surface area contributed by atoms with Crippen LogP contribution in [-0.4, -0.2) is 47.0 Å². The Bertz CT molecular complexity index is 81.5. The molecule has 0 aliphatic heterocycles. The summed E-state index contributed by atoms with van der Waals surface area (Å²) in [5.41, 5.74) is 0. The van der Waals surface area contributed by atoms with Crippen LogP contribution in [0.25, 0.3) is 0 Å². The highest BCUT2D eigenvalue weighted by Crippen LogP contribution is 2.12. The van der Waals surface area contributed by atoms with Gasteiger partial charge >= 0.3 is 8.80 Å². The Morgan fingerprint density at radius 2 is 1.45 bits per heavy atom. The second kappa shape index (κ2) is 7.26. The summed E-state index contributed by atoms with van der Waals surface area (Å²) in [6, 6.07) is 0.651. The molecule has 0 rings (SSSR count). The van der Waals surface area contributed by atoms with Crippen LogP contribution in [0.5, 0.6) is 0 Å². The van der Waals surface area contributed by atoms with Crippen molar-refractivity contribution in [3.8, 4) is 0 Å². The molecule has 0 aromatic carbocycles. The highest BCUT2D eigenvalue weighted by Gasteiger charge is 2.36. The lowest BCUT2D eigenvalue weighted by Gasteiger charge is -2.22. The lowest BCUT2D eigenvalue weighted by atomic mass is 11.0. The normalized spacial score (nSPS) is 10.9. The minimum Gasteiger partial charge on any atom is -0.377 e. The van der Waals surface area contributed by atoms with Crippen molar-refractivity contribution in [2.75, 3.05) is 27.2 Å². The number of rotatable bonds is 5. The molecule has 0 spiro atoms. The molecule has 0 radical (unpaired) electrons. The molecule has 11 heavy (non-hydrogen) atoms. The first-order valence-corrected chi connectivity index (χ1v) is 5.42. The number of alkyl halides is 1. The summed E-state index contributed by atoms with van der Waals surface area (Å²) in [7, 11) is 2.38. The molecule has 0 saturated carbocycles. The van der Waals surface area contributed by atoms with Crippen molar-refractivity contribution in [1.82, 2.24) is 0 Å². The van der Waals surface area contributed by atoms with Gasteiger partial charge in [0.15, 0.2) is 0 Å². The summed E-state index contributed by atoms with van der Waals surface area (Å²) < 4.78 is 15.3. The fourth-order valence-corrected chi connectivity index (χ4v) is 2.71. The van der Waals surface area contributed by atoms with E-state index in [9.17, 15) is 0 Å². The first kappa shape index (κ1) is 14.1. The second-order valence-corrected chi connectivity index (χ2v) is 5.20.